The fourth-order valence-corrected chi connectivity index (χ4v) is 7.55. The molecule has 2 aromatic rings. The molecule has 1 aliphatic carbocycles. The molecule has 56 heavy (non-hydrogen) atoms. The molecule has 0 bridgehead atoms. The first-order valence-electron chi connectivity index (χ1n) is 19.6. The summed E-state index contributed by atoms with van der Waals surface area (Å²) in [6.45, 7) is 24.9. The Morgan fingerprint density at radius 1 is 0.929 bits per heavy atom. The highest BCUT2D eigenvalue weighted by molar-refractivity contribution is 5.93. The van der Waals surface area contributed by atoms with Crippen LogP contribution in [0, 0.1) is 19.3 Å². The number of carbonyl (C=O) groups is 3. The Balaban J connectivity index is 0.00000109. The minimum atomic E-state index is -0.801. The van der Waals surface area contributed by atoms with Gasteiger partial charge in [-0.05, 0) is 148 Å². The van der Waals surface area contributed by atoms with Crippen LogP contribution in [-0.2, 0) is 48.1 Å². The quantitative estimate of drug-likeness (QED) is 0.0519. The lowest BCUT2D eigenvalue weighted by Gasteiger charge is -2.39. The van der Waals surface area contributed by atoms with Crippen LogP contribution >= 0.6 is 0 Å². The molecule has 1 atom stereocenters. The molecule has 310 valence electrons. The average Bonchev–Trinajstić information content (AvgIpc) is 3.08. The van der Waals surface area contributed by atoms with Gasteiger partial charge in [0, 0.05) is 32.2 Å². The van der Waals surface area contributed by atoms with Crippen LogP contribution < -0.4 is 11.6 Å². The van der Waals surface area contributed by atoms with Gasteiger partial charge in [0.2, 0.25) is 0 Å². The van der Waals surface area contributed by atoms with E-state index in [4.69, 9.17) is 25.8 Å². The van der Waals surface area contributed by atoms with Crippen molar-refractivity contribution in [1.29, 1.82) is 0 Å². The number of hydrogen-bond acceptors (Lipinski definition) is 11. The number of methoxy groups -OCH3 is 1. The Morgan fingerprint density at radius 2 is 1.57 bits per heavy atom. The van der Waals surface area contributed by atoms with E-state index >= 15 is 0 Å². The Labute approximate surface area is 335 Å². The number of aryl methyl sites for hydroxylation is 2. The molecular weight excluding hydrogens is 709 g/mol. The van der Waals surface area contributed by atoms with Gasteiger partial charge in [-0.15, -0.1) is 0 Å². The van der Waals surface area contributed by atoms with Crippen molar-refractivity contribution in [2.24, 2.45) is 17.0 Å². The van der Waals surface area contributed by atoms with Crippen LogP contribution in [0.25, 0.3) is 0 Å². The monoisotopic (exact) mass is 777 g/mol. The van der Waals surface area contributed by atoms with Gasteiger partial charge >= 0.3 is 11.9 Å². The zero-order chi connectivity index (χ0) is 42.2. The molecule has 4 rings (SSSR count). The molecule has 4 N–H and O–H groups in total. The predicted molar refractivity (Wildman–Crippen MR) is 221 cm³/mol. The second-order valence-electron chi connectivity index (χ2n) is 17.7. The second-order valence-corrected chi connectivity index (χ2v) is 17.7. The van der Waals surface area contributed by atoms with E-state index in [1.54, 1.807) is 5.01 Å². The summed E-state index contributed by atoms with van der Waals surface area (Å²) in [5.74, 6) is 5.85. The van der Waals surface area contributed by atoms with Crippen molar-refractivity contribution in [3.05, 3.63) is 91.8 Å². The summed E-state index contributed by atoms with van der Waals surface area (Å²) >= 11 is 0. The largest absolute Gasteiger partial charge is 0.469 e. The van der Waals surface area contributed by atoms with Gasteiger partial charge < -0.3 is 34.6 Å². The number of nitrogens with two attached hydrogens (primary N) is 2. The van der Waals surface area contributed by atoms with Crippen molar-refractivity contribution in [3.8, 4) is 0 Å². The number of allylic oxidation sites excluding steroid dienone is 3. The number of nitrogens with zero attached hydrogens (tertiary/aromatic N) is 2. The molecule has 1 heterocycles. The molecule has 0 spiro atoms. The van der Waals surface area contributed by atoms with Crippen molar-refractivity contribution in [1.82, 2.24) is 9.91 Å². The summed E-state index contributed by atoms with van der Waals surface area (Å²) in [5.41, 5.74) is 16.0. The van der Waals surface area contributed by atoms with E-state index < -0.39 is 11.0 Å². The van der Waals surface area contributed by atoms with Crippen molar-refractivity contribution in [2.45, 2.75) is 132 Å². The molecule has 0 aromatic heterocycles. The lowest BCUT2D eigenvalue weighted by atomic mass is 9.67. The van der Waals surface area contributed by atoms with E-state index in [1.807, 2.05) is 88.3 Å². The van der Waals surface area contributed by atoms with Crippen molar-refractivity contribution in [3.63, 3.8) is 0 Å². The molecule has 0 saturated carbocycles. The lowest BCUT2D eigenvalue weighted by Crippen LogP contribution is -2.38. The van der Waals surface area contributed by atoms with E-state index in [0.717, 1.165) is 71.4 Å². The maximum atomic E-state index is 13.2. The zero-order valence-corrected chi connectivity index (χ0v) is 36.3. The molecule has 2 aromatic carbocycles. The molecule has 2 aliphatic rings. The third-order valence-corrected chi connectivity index (χ3v) is 10.3. The fourth-order valence-electron chi connectivity index (χ4n) is 7.55. The number of rotatable bonds is 13. The van der Waals surface area contributed by atoms with E-state index in [2.05, 4.69) is 34.9 Å². The number of esters is 2. The first-order chi connectivity index (χ1) is 26.0. The molecule has 11 nitrogen and oxygen atoms in total. The molecule has 11 heteroatoms. The summed E-state index contributed by atoms with van der Waals surface area (Å²) in [6, 6.07) is 10.7. The number of likely N-dealkylation sites (N-methyl/N-ethyl adjacent to an activating group) is 1. The summed E-state index contributed by atoms with van der Waals surface area (Å²) in [4.78, 5) is 37.9. The highest BCUT2D eigenvalue weighted by Crippen LogP contribution is 2.48. The number of carbonyl (C=O) groups excluding carboxylic acids is 3. The summed E-state index contributed by atoms with van der Waals surface area (Å²) in [6.07, 6.45) is 3.17. The van der Waals surface area contributed by atoms with Gasteiger partial charge in [0.1, 0.15) is 11.2 Å². The second kappa shape index (κ2) is 19.3. The maximum Gasteiger partial charge on any atom is 0.339 e. The Bertz CT molecular complexity index is 1760. The van der Waals surface area contributed by atoms with E-state index in [9.17, 15) is 14.4 Å². The molecule has 1 unspecified atom stereocenters. The summed E-state index contributed by atoms with van der Waals surface area (Å²) < 4.78 is 21.5. The highest BCUT2D eigenvalue weighted by Gasteiger charge is 2.43. The van der Waals surface area contributed by atoms with Crippen LogP contribution in [0.3, 0.4) is 0 Å². The summed E-state index contributed by atoms with van der Waals surface area (Å²) in [7, 11) is 3.60. The highest BCUT2D eigenvalue weighted by atomic mass is 16.6. The smallest absolute Gasteiger partial charge is 0.339 e. The van der Waals surface area contributed by atoms with Crippen LogP contribution in [0.15, 0.2) is 52.9 Å². The lowest BCUT2D eigenvalue weighted by molar-refractivity contribution is -0.151. The minimum absolute atomic E-state index is 0.192. The molecule has 0 amide bonds. The third kappa shape index (κ3) is 12.4. The van der Waals surface area contributed by atoms with E-state index in [0.29, 0.717) is 43.9 Å². The predicted octanol–water partition coefficient (Wildman–Crippen LogP) is 7.55. The molecule has 1 aliphatic heterocycles. The van der Waals surface area contributed by atoms with Gasteiger partial charge in [-0.2, -0.15) is 0 Å². The minimum Gasteiger partial charge on any atom is -0.469 e. The fraction of sp³-hybridized carbons (Fsp3) is 0.578. The molecular formula is C45H68N4O7. The molecule has 0 saturated heterocycles. The van der Waals surface area contributed by atoms with Gasteiger partial charge in [-0.25, -0.2) is 10.6 Å². The van der Waals surface area contributed by atoms with Gasteiger partial charge in [-0.3, -0.25) is 9.59 Å². The normalized spacial score (nSPS) is 15.7. The molecule has 0 fully saturated rings. The third-order valence-electron chi connectivity index (χ3n) is 10.3. The SMILES string of the molecule is CC(C)(C)OC=O.COC(=O)C(C)(C)C(C1=C(C)C(N)=C(N(N)CCCOCc2cc(C)c(C(=O)OC(C)(C)C)c(C)c2)CC1)c1ccc2c(c1)CN(C)CC2. The van der Waals surface area contributed by atoms with Crippen LogP contribution in [0.2, 0.25) is 0 Å². The van der Waals surface area contributed by atoms with Gasteiger partial charge in [0.25, 0.3) is 6.47 Å². The molecule has 0 radical (unpaired) electrons. The number of benzene rings is 2. The average molecular weight is 777 g/mol. The number of ether oxygens (including phenoxy) is 4. The van der Waals surface area contributed by atoms with Gasteiger partial charge in [-0.1, -0.05) is 35.9 Å². The first kappa shape index (κ1) is 46.2. The number of fused-ring (bicyclic) bond motifs is 1. The van der Waals surface area contributed by atoms with Gasteiger partial charge in [0.15, 0.2) is 0 Å². The van der Waals surface area contributed by atoms with Crippen molar-refractivity contribution >= 4 is 18.4 Å². The van der Waals surface area contributed by atoms with Crippen molar-refractivity contribution in [2.75, 3.05) is 33.9 Å². The standard InChI is InChI=1S/C40H58N4O5.C5H10O2/c1-25-20-28(21-26(2)34(25)37(45)49-39(4,5)6)24-48-19-11-17-44(42)33-15-14-32(27(3)36(33)41)35(40(7,8)38(46)47-10)30-13-12-29-16-18-43(9)23-31(29)22-30;1-5(2,3)7-4-6/h12-13,20-22,35H,11,14-19,23-24,41-42H2,1-10H3;4H,1-3H3. The number of hydrogen-bond donors (Lipinski definition) is 2. The maximum absolute atomic E-state index is 13.2. The van der Waals surface area contributed by atoms with E-state index in [-0.39, 0.29) is 23.5 Å². The van der Waals surface area contributed by atoms with Crippen LogP contribution in [0.4, 0.5) is 0 Å². The Hall–Kier alpha value is -4.19. The van der Waals surface area contributed by atoms with E-state index in [1.165, 1.54) is 18.2 Å². The Morgan fingerprint density at radius 3 is 2.12 bits per heavy atom. The van der Waals surface area contributed by atoms with Crippen LogP contribution in [0.1, 0.15) is 131 Å². The van der Waals surface area contributed by atoms with Crippen LogP contribution in [-0.4, -0.2) is 73.4 Å². The van der Waals surface area contributed by atoms with Gasteiger partial charge in [0.05, 0.1) is 36.1 Å². The zero-order valence-electron chi connectivity index (χ0n) is 36.3. The Kier molecular flexibility index (Phi) is 15.9. The summed E-state index contributed by atoms with van der Waals surface area (Å²) in [5, 5.41) is 1.75. The first-order valence-corrected chi connectivity index (χ1v) is 19.6. The van der Waals surface area contributed by atoms with Crippen LogP contribution in [0.5, 0.6) is 0 Å². The topological polar surface area (TPSA) is 147 Å². The number of hydrazine groups is 1. The van der Waals surface area contributed by atoms with Crippen molar-refractivity contribution < 1.29 is 33.3 Å².